The lowest BCUT2D eigenvalue weighted by molar-refractivity contribution is -0.142. The topological polar surface area (TPSA) is 137 Å². The maximum atomic E-state index is 12.3. The zero-order chi connectivity index (χ0) is 15.8. The Hall–Kier alpha value is -2.90. The number of carbonyl (C=O) groups is 3. The summed E-state index contributed by atoms with van der Waals surface area (Å²) in [6.45, 7) is 0.809. The molecule has 2 rings (SSSR count). The molecule has 3 amide bonds. The highest BCUT2D eigenvalue weighted by Crippen LogP contribution is 2.28. The van der Waals surface area contributed by atoms with Gasteiger partial charge in [0.2, 0.25) is 0 Å². The number of carboxylic acid groups (broad SMARTS) is 1. The molecule has 110 valence electrons. The van der Waals surface area contributed by atoms with Gasteiger partial charge in [0, 0.05) is 5.56 Å². The molecular formula is C13H14N4O4. The number of amides is 3. The molecule has 8 nitrogen and oxygen atoms in total. The molecule has 1 aliphatic heterocycles. The Morgan fingerprint density at radius 3 is 2.43 bits per heavy atom. The summed E-state index contributed by atoms with van der Waals surface area (Å²) in [6, 6.07) is 5.50. The minimum absolute atomic E-state index is 0.110. The number of carbonyl (C=O) groups excluding carboxylic acids is 2. The summed E-state index contributed by atoms with van der Waals surface area (Å²) >= 11 is 0. The van der Waals surface area contributed by atoms with Gasteiger partial charge in [-0.1, -0.05) is 24.3 Å². The molecule has 21 heavy (non-hydrogen) atoms. The van der Waals surface area contributed by atoms with Gasteiger partial charge < -0.3 is 16.2 Å². The highest BCUT2D eigenvalue weighted by Gasteiger charge is 2.49. The number of carboxylic acids is 1. The van der Waals surface area contributed by atoms with Crippen LogP contribution < -0.4 is 11.1 Å². The van der Waals surface area contributed by atoms with E-state index >= 15 is 0 Å². The molecule has 0 bridgehead atoms. The lowest BCUT2D eigenvalue weighted by Crippen LogP contribution is -2.41. The van der Waals surface area contributed by atoms with E-state index in [-0.39, 0.29) is 5.84 Å². The molecule has 0 aliphatic carbocycles. The number of nitrogen functional groups attached to an aromatic ring is 1. The molecule has 1 saturated heterocycles. The third-order valence-corrected chi connectivity index (χ3v) is 3.34. The van der Waals surface area contributed by atoms with Gasteiger partial charge in [-0.25, -0.2) is 4.79 Å². The molecule has 0 saturated carbocycles. The quantitative estimate of drug-likeness (QED) is 0.346. The van der Waals surface area contributed by atoms with Crippen molar-refractivity contribution in [2.75, 3.05) is 6.54 Å². The molecule has 1 atom stereocenters. The molecule has 8 heteroatoms. The molecule has 1 aromatic rings. The normalized spacial score (nSPS) is 21.3. The number of amidine groups is 1. The van der Waals surface area contributed by atoms with Crippen LogP contribution in [0, 0.1) is 5.41 Å². The highest BCUT2D eigenvalue weighted by molar-refractivity contribution is 6.08. The molecule has 1 heterocycles. The molecule has 5 N–H and O–H groups in total. The molecule has 0 radical (unpaired) electrons. The van der Waals surface area contributed by atoms with E-state index < -0.39 is 30.0 Å². The van der Waals surface area contributed by atoms with E-state index in [2.05, 4.69) is 5.32 Å². The Labute approximate surface area is 120 Å². The van der Waals surface area contributed by atoms with Gasteiger partial charge in [0.1, 0.15) is 17.9 Å². The second kappa shape index (κ2) is 4.89. The largest absolute Gasteiger partial charge is 0.480 e. The van der Waals surface area contributed by atoms with Gasteiger partial charge in [-0.15, -0.1) is 0 Å². The van der Waals surface area contributed by atoms with Gasteiger partial charge in [-0.05, 0) is 12.5 Å². The van der Waals surface area contributed by atoms with Crippen molar-refractivity contribution in [3.8, 4) is 0 Å². The van der Waals surface area contributed by atoms with Crippen molar-refractivity contribution in [2.24, 2.45) is 5.73 Å². The third-order valence-electron chi connectivity index (χ3n) is 3.34. The van der Waals surface area contributed by atoms with Crippen LogP contribution in [-0.4, -0.2) is 40.3 Å². The fourth-order valence-electron chi connectivity index (χ4n) is 2.15. The molecule has 1 unspecified atom stereocenters. The Bertz CT molecular complexity index is 640. The number of urea groups is 1. The fraction of sp³-hybridized carbons (Fsp3) is 0.231. The monoisotopic (exact) mass is 290 g/mol. The summed E-state index contributed by atoms with van der Waals surface area (Å²) in [4.78, 5) is 35.4. The standard InChI is InChI=1S/C13H14N4O4/c1-13(8-4-2-7(3-5-8)10(14)15)11(20)17(6-9(18)19)12(21)16-13/h2-5H,6H2,1H3,(H3,14,15)(H,16,21)(H,18,19). The zero-order valence-electron chi connectivity index (χ0n) is 11.2. The number of benzene rings is 1. The first-order chi connectivity index (χ1) is 9.75. The van der Waals surface area contributed by atoms with Crippen molar-refractivity contribution < 1.29 is 19.5 Å². The van der Waals surface area contributed by atoms with Crippen molar-refractivity contribution in [1.82, 2.24) is 10.2 Å². The lowest BCUT2D eigenvalue weighted by atomic mass is 9.91. The lowest BCUT2D eigenvalue weighted by Gasteiger charge is -2.22. The van der Waals surface area contributed by atoms with Gasteiger partial charge in [-0.2, -0.15) is 0 Å². The van der Waals surface area contributed by atoms with Crippen LogP contribution in [0.1, 0.15) is 18.1 Å². The summed E-state index contributed by atoms with van der Waals surface area (Å²) in [5.41, 5.74) is 4.99. The minimum atomic E-state index is -1.33. The fourth-order valence-corrected chi connectivity index (χ4v) is 2.15. The molecule has 0 spiro atoms. The van der Waals surface area contributed by atoms with Crippen molar-refractivity contribution in [2.45, 2.75) is 12.5 Å². The van der Waals surface area contributed by atoms with Crippen LogP contribution in [0.2, 0.25) is 0 Å². The molecule has 1 fully saturated rings. The Morgan fingerprint density at radius 1 is 1.38 bits per heavy atom. The minimum Gasteiger partial charge on any atom is -0.480 e. The van der Waals surface area contributed by atoms with Gasteiger partial charge in [-0.3, -0.25) is 19.9 Å². The Kier molecular flexibility index (Phi) is 3.38. The van der Waals surface area contributed by atoms with Crippen LogP contribution in [-0.2, 0) is 15.1 Å². The van der Waals surface area contributed by atoms with E-state index in [4.69, 9.17) is 16.2 Å². The van der Waals surface area contributed by atoms with Gasteiger partial charge >= 0.3 is 12.0 Å². The average Bonchev–Trinajstić information content (AvgIpc) is 2.63. The smallest absolute Gasteiger partial charge is 0.325 e. The van der Waals surface area contributed by atoms with E-state index in [1.807, 2.05) is 0 Å². The maximum Gasteiger partial charge on any atom is 0.325 e. The first-order valence-corrected chi connectivity index (χ1v) is 6.06. The first kappa shape index (κ1) is 14.5. The Morgan fingerprint density at radius 2 is 1.95 bits per heavy atom. The number of hydrogen-bond donors (Lipinski definition) is 4. The second-order valence-electron chi connectivity index (χ2n) is 4.83. The third kappa shape index (κ3) is 2.42. The van der Waals surface area contributed by atoms with Crippen LogP contribution in [0.3, 0.4) is 0 Å². The Balaban J connectivity index is 2.34. The number of nitrogens with two attached hydrogens (primary N) is 1. The number of nitrogens with one attached hydrogen (secondary N) is 2. The number of imide groups is 1. The predicted octanol–water partition coefficient (Wildman–Crippen LogP) is -0.178. The highest BCUT2D eigenvalue weighted by atomic mass is 16.4. The van der Waals surface area contributed by atoms with Crippen molar-refractivity contribution in [1.29, 1.82) is 5.41 Å². The van der Waals surface area contributed by atoms with E-state index in [1.54, 1.807) is 24.3 Å². The van der Waals surface area contributed by atoms with Crippen LogP contribution in [0.4, 0.5) is 4.79 Å². The van der Waals surface area contributed by atoms with Crippen molar-refractivity contribution in [3.63, 3.8) is 0 Å². The SMILES string of the molecule is CC1(c2ccc(C(=N)N)cc2)NC(=O)N(CC(=O)O)C1=O. The van der Waals surface area contributed by atoms with Gasteiger partial charge in [0.25, 0.3) is 5.91 Å². The summed E-state index contributed by atoms with van der Waals surface area (Å²) in [6.07, 6.45) is 0. The maximum absolute atomic E-state index is 12.3. The van der Waals surface area contributed by atoms with Gasteiger partial charge in [0.05, 0.1) is 0 Å². The van der Waals surface area contributed by atoms with E-state index in [0.29, 0.717) is 16.0 Å². The molecule has 1 aliphatic rings. The van der Waals surface area contributed by atoms with Crippen LogP contribution in [0.5, 0.6) is 0 Å². The van der Waals surface area contributed by atoms with Crippen molar-refractivity contribution >= 4 is 23.7 Å². The molecular weight excluding hydrogens is 276 g/mol. The van der Waals surface area contributed by atoms with Gasteiger partial charge in [0.15, 0.2) is 0 Å². The van der Waals surface area contributed by atoms with Crippen LogP contribution in [0.15, 0.2) is 24.3 Å². The average molecular weight is 290 g/mol. The van der Waals surface area contributed by atoms with E-state index in [1.165, 1.54) is 6.92 Å². The number of hydrogen-bond acceptors (Lipinski definition) is 4. The van der Waals surface area contributed by atoms with Crippen LogP contribution >= 0.6 is 0 Å². The summed E-state index contributed by atoms with van der Waals surface area (Å²) in [5.74, 6) is -2.01. The summed E-state index contributed by atoms with van der Waals surface area (Å²) < 4.78 is 0. The summed E-state index contributed by atoms with van der Waals surface area (Å²) in [7, 11) is 0. The van der Waals surface area contributed by atoms with E-state index in [9.17, 15) is 14.4 Å². The van der Waals surface area contributed by atoms with Crippen molar-refractivity contribution in [3.05, 3.63) is 35.4 Å². The number of rotatable bonds is 4. The van der Waals surface area contributed by atoms with Crippen LogP contribution in [0.25, 0.3) is 0 Å². The first-order valence-electron chi connectivity index (χ1n) is 6.06. The number of nitrogens with zero attached hydrogens (tertiary/aromatic N) is 1. The summed E-state index contributed by atoms with van der Waals surface area (Å²) in [5, 5.41) is 18.5. The molecule has 1 aromatic carbocycles. The number of aliphatic carboxylic acids is 1. The second-order valence-corrected chi connectivity index (χ2v) is 4.83. The zero-order valence-corrected chi connectivity index (χ0v) is 11.2. The van der Waals surface area contributed by atoms with E-state index in [0.717, 1.165) is 0 Å². The molecule has 0 aromatic heterocycles. The predicted molar refractivity (Wildman–Crippen MR) is 72.7 cm³/mol.